The molecule has 3 rings (SSSR count). The molecule has 1 aliphatic rings. The predicted molar refractivity (Wildman–Crippen MR) is 113 cm³/mol. The molecule has 0 bridgehead atoms. The first-order chi connectivity index (χ1) is 13.7. The van der Waals surface area contributed by atoms with Crippen molar-refractivity contribution < 1.29 is 22.3 Å². The molecule has 5 nitrogen and oxygen atoms in total. The molecule has 0 aromatic heterocycles. The van der Waals surface area contributed by atoms with Gasteiger partial charge in [-0.15, -0.1) is 0 Å². The Kier molecular flexibility index (Phi) is 6.67. The van der Waals surface area contributed by atoms with E-state index in [1.807, 2.05) is 0 Å². The average molecular weight is 505 g/mol. The number of piperidine rings is 1. The highest BCUT2D eigenvalue weighted by molar-refractivity contribution is 9.10. The summed E-state index contributed by atoms with van der Waals surface area (Å²) in [7, 11) is -3.93. The number of alkyl halides is 1. The highest BCUT2D eigenvalue weighted by Gasteiger charge is 2.45. The summed E-state index contributed by atoms with van der Waals surface area (Å²) in [5.74, 6) is -0.933. The number of nitrogens with zero attached hydrogens (tertiary/aromatic N) is 1. The van der Waals surface area contributed by atoms with Crippen molar-refractivity contribution in [1.29, 1.82) is 0 Å². The van der Waals surface area contributed by atoms with Gasteiger partial charge in [-0.2, -0.15) is 4.31 Å². The molecule has 1 fully saturated rings. The van der Waals surface area contributed by atoms with E-state index in [4.69, 9.17) is 16.3 Å². The Hall–Kier alpha value is -1.48. The Labute approximate surface area is 183 Å². The molecule has 0 spiro atoms. The number of carbonyl (C=O) groups is 1. The number of hydrogen-bond acceptors (Lipinski definition) is 4. The topological polar surface area (TPSA) is 63.7 Å². The zero-order valence-electron chi connectivity index (χ0n) is 15.7. The van der Waals surface area contributed by atoms with E-state index in [1.54, 1.807) is 43.3 Å². The Balaban J connectivity index is 1.94. The predicted octanol–water partition coefficient (Wildman–Crippen LogP) is 4.83. The minimum absolute atomic E-state index is 0.0760. The van der Waals surface area contributed by atoms with Crippen LogP contribution in [0.5, 0.6) is 0 Å². The van der Waals surface area contributed by atoms with Gasteiger partial charge in [0.15, 0.2) is 0 Å². The van der Waals surface area contributed by atoms with E-state index in [1.165, 1.54) is 10.4 Å². The fourth-order valence-electron chi connectivity index (χ4n) is 3.30. The monoisotopic (exact) mass is 503 g/mol. The van der Waals surface area contributed by atoms with Crippen LogP contribution in [0.1, 0.15) is 19.8 Å². The van der Waals surface area contributed by atoms with E-state index in [0.717, 1.165) is 0 Å². The van der Waals surface area contributed by atoms with E-state index in [-0.39, 0.29) is 37.4 Å². The molecule has 1 saturated heterocycles. The summed E-state index contributed by atoms with van der Waals surface area (Å²) in [5, 5.41) is 0.422. The van der Waals surface area contributed by atoms with Crippen LogP contribution in [0.15, 0.2) is 51.8 Å². The van der Waals surface area contributed by atoms with Crippen LogP contribution in [0.4, 0.5) is 4.39 Å². The van der Waals surface area contributed by atoms with Gasteiger partial charge in [0.25, 0.3) is 0 Å². The molecule has 1 heterocycles. The summed E-state index contributed by atoms with van der Waals surface area (Å²) in [5.41, 5.74) is -1.13. The van der Waals surface area contributed by atoms with Crippen molar-refractivity contribution in [3.8, 4) is 11.1 Å². The first-order valence-electron chi connectivity index (χ1n) is 9.10. The Morgan fingerprint density at radius 2 is 1.86 bits per heavy atom. The van der Waals surface area contributed by atoms with Gasteiger partial charge in [0.2, 0.25) is 15.7 Å². The highest BCUT2D eigenvalue weighted by atomic mass is 79.9. The van der Waals surface area contributed by atoms with Gasteiger partial charge in [-0.3, -0.25) is 0 Å². The van der Waals surface area contributed by atoms with Crippen LogP contribution in [0.2, 0.25) is 5.02 Å². The Bertz CT molecular complexity index is 1020. The van der Waals surface area contributed by atoms with Crippen LogP contribution in [0, 0.1) is 0 Å². The summed E-state index contributed by atoms with van der Waals surface area (Å²) >= 11 is 9.67. The fraction of sp³-hybridized carbons (Fsp3) is 0.350. The molecule has 156 valence electrons. The minimum atomic E-state index is -3.93. The molecule has 0 N–H and O–H groups in total. The summed E-state index contributed by atoms with van der Waals surface area (Å²) in [6.45, 7) is 1.45. The average Bonchev–Trinajstić information content (AvgIpc) is 2.68. The number of hydrogen-bond donors (Lipinski definition) is 0. The van der Waals surface area contributed by atoms with E-state index >= 15 is 0 Å². The van der Waals surface area contributed by atoms with E-state index in [9.17, 15) is 17.6 Å². The van der Waals surface area contributed by atoms with Crippen molar-refractivity contribution >= 4 is 43.5 Å². The van der Waals surface area contributed by atoms with Crippen LogP contribution < -0.4 is 0 Å². The lowest BCUT2D eigenvalue weighted by Crippen LogP contribution is -2.49. The fourth-order valence-corrected chi connectivity index (χ4v) is 5.53. The van der Waals surface area contributed by atoms with Gasteiger partial charge in [-0.05, 0) is 31.2 Å². The van der Waals surface area contributed by atoms with Gasteiger partial charge in [-0.1, -0.05) is 45.7 Å². The minimum Gasteiger partial charge on any atom is -0.464 e. The zero-order chi connectivity index (χ0) is 21.2. The molecule has 2 aromatic rings. The third-order valence-electron chi connectivity index (χ3n) is 4.88. The number of benzene rings is 2. The Morgan fingerprint density at radius 1 is 1.21 bits per heavy atom. The summed E-state index contributed by atoms with van der Waals surface area (Å²) in [6, 6.07) is 11.8. The number of esters is 1. The van der Waals surface area contributed by atoms with E-state index in [2.05, 4.69) is 15.9 Å². The quantitative estimate of drug-likeness (QED) is 0.548. The van der Waals surface area contributed by atoms with Gasteiger partial charge in [0.05, 0.1) is 11.5 Å². The molecular formula is C20H20BrClFNO4S. The van der Waals surface area contributed by atoms with Crippen LogP contribution in [0.3, 0.4) is 0 Å². The number of halogens is 3. The smallest absolute Gasteiger partial charge is 0.343 e. The number of ether oxygens (including phenoxy) is 1. The van der Waals surface area contributed by atoms with Gasteiger partial charge in [0, 0.05) is 46.6 Å². The molecule has 2 aromatic carbocycles. The lowest BCUT2D eigenvalue weighted by Gasteiger charge is -2.34. The maximum Gasteiger partial charge on any atom is 0.343 e. The maximum absolute atomic E-state index is 14.8. The molecule has 9 heteroatoms. The van der Waals surface area contributed by atoms with E-state index in [0.29, 0.717) is 20.6 Å². The van der Waals surface area contributed by atoms with Gasteiger partial charge in [-0.25, -0.2) is 17.6 Å². The van der Waals surface area contributed by atoms with Crippen LogP contribution in [-0.4, -0.2) is 44.1 Å². The van der Waals surface area contributed by atoms with Crippen LogP contribution in [-0.2, 0) is 19.6 Å². The summed E-state index contributed by atoms with van der Waals surface area (Å²) < 4.78 is 48.2. The van der Waals surface area contributed by atoms with Crippen molar-refractivity contribution in [3.05, 3.63) is 52.0 Å². The second-order valence-corrected chi connectivity index (χ2v) is 9.94. The maximum atomic E-state index is 14.8. The largest absolute Gasteiger partial charge is 0.464 e. The molecule has 0 aliphatic carbocycles. The standard InChI is InChI=1S/C20H20BrClFNO4S/c1-2-28-19(25)20(23)9-11-24(12-10-20)29(26,27)18-8-7-14(21)13-16(18)15-5-3-4-6-17(15)22/h3-8,13H,2,9-12H2,1H3. The normalized spacial score (nSPS) is 17.1. The molecule has 0 atom stereocenters. The molecule has 0 amide bonds. The Morgan fingerprint density at radius 3 is 2.48 bits per heavy atom. The number of rotatable bonds is 5. The lowest BCUT2D eigenvalue weighted by atomic mass is 9.95. The molecule has 29 heavy (non-hydrogen) atoms. The van der Waals surface area contributed by atoms with Gasteiger partial charge < -0.3 is 4.74 Å². The second kappa shape index (κ2) is 8.71. The summed E-state index contributed by atoms with van der Waals surface area (Å²) in [6.07, 6.45) is -0.494. The van der Waals surface area contributed by atoms with Crippen molar-refractivity contribution in [3.63, 3.8) is 0 Å². The SMILES string of the molecule is CCOC(=O)C1(F)CCN(S(=O)(=O)c2ccc(Br)cc2-c2ccccc2Cl)CC1. The van der Waals surface area contributed by atoms with Crippen molar-refractivity contribution in [1.82, 2.24) is 4.31 Å². The third-order valence-corrected chi connectivity index (χ3v) is 7.66. The van der Waals surface area contributed by atoms with Crippen LogP contribution >= 0.6 is 27.5 Å². The molecule has 0 unspecified atom stereocenters. The van der Waals surface area contributed by atoms with Gasteiger partial charge in [0.1, 0.15) is 0 Å². The van der Waals surface area contributed by atoms with E-state index < -0.39 is 21.7 Å². The number of sulfonamides is 1. The van der Waals surface area contributed by atoms with Crippen LogP contribution in [0.25, 0.3) is 11.1 Å². The van der Waals surface area contributed by atoms with Gasteiger partial charge >= 0.3 is 5.97 Å². The molecule has 0 radical (unpaired) electrons. The molecule has 1 aliphatic heterocycles. The second-order valence-electron chi connectivity index (χ2n) is 6.71. The zero-order valence-corrected chi connectivity index (χ0v) is 18.9. The molecular weight excluding hydrogens is 485 g/mol. The van der Waals surface area contributed by atoms with Crippen molar-refractivity contribution in [2.45, 2.75) is 30.3 Å². The van der Waals surface area contributed by atoms with Crippen molar-refractivity contribution in [2.24, 2.45) is 0 Å². The first kappa shape index (κ1) is 22.2. The van der Waals surface area contributed by atoms with Crippen molar-refractivity contribution in [2.75, 3.05) is 19.7 Å². The highest BCUT2D eigenvalue weighted by Crippen LogP contribution is 2.37. The number of carbonyl (C=O) groups excluding carboxylic acids is 1. The lowest BCUT2D eigenvalue weighted by molar-refractivity contribution is -0.160. The molecule has 0 saturated carbocycles. The third kappa shape index (κ3) is 4.50. The summed E-state index contributed by atoms with van der Waals surface area (Å²) in [4.78, 5) is 12.0. The first-order valence-corrected chi connectivity index (χ1v) is 11.7.